The van der Waals surface area contributed by atoms with E-state index >= 15 is 0 Å². The summed E-state index contributed by atoms with van der Waals surface area (Å²) in [7, 11) is -3.66. The van der Waals surface area contributed by atoms with E-state index in [9.17, 15) is 8.42 Å². The first-order valence-electron chi connectivity index (χ1n) is 2.53. The highest BCUT2D eigenvalue weighted by Crippen LogP contribution is 1.99. The van der Waals surface area contributed by atoms with Crippen LogP contribution in [0.2, 0.25) is 0 Å². The lowest BCUT2D eigenvalue weighted by molar-refractivity contribution is -0.130. The van der Waals surface area contributed by atoms with Gasteiger partial charge < -0.3 is 0 Å². The van der Waals surface area contributed by atoms with Crippen LogP contribution in [0.4, 0.5) is 0 Å². The highest BCUT2D eigenvalue weighted by Gasteiger charge is 2.11. The van der Waals surface area contributed by atoms with E-state index in [0.717, 1.165) is 0 Å². The first-order chi connectivity index (χ1) is 3.98. The highest BCUT2D eigenvalue weighted by molar-refractivity contribution is 7.86. The molecule has 0 atom stereocenters. The Morgan fingerprint density at radius 2 is 2.00 bits per heavy atom. The van der Waals surface area contributed by atoms with E-state index in [0.29, 0.717) is 0 Å². The quantitative estimate of drug-likeness (QED) is 0.474. The van der Waals surface area contributed by atoms with Gasteiger partial charge in [0, 0.05) is 0 Å². The van der Waals surface area contributed by atoms with Gasteiger partial charge in [0.1, 0.15) is 0 Å². The van der Waals surface area contributed by atoms with E-state index in [-0.39, 0.29) is 11.7 Å². The van der Waals surface area contributed by atoms with Crippen LogP contribution in [-0.2, 0) is 14.5 Å². The minimum absolute atomic E-state index is 0.0258. The summed E-state index contributed by atoms with van der Waals surface area (Å²) in [6, 6.07) is 0. The normalized spacial score (nSPS) is 12.4. The van der Waals surface area contributed by atoms with Crippen LogP contribution in [0.25, 0.3) is 0 Å². The lowest BCUT2D eigenvalue weighted by atomic mass is 10.3. The van der Waals surface area contributed by atoms with Gasteiger partial charge in [0.15, 0.2) is 0 Å². The molecule has 0 heterocycles. The maximum absolute atomic E-state index is 10.3. The molecule has 0 saturated carbocycles. The van der Waals surface area contributed by atoms with Crippen LogP contribution in [0.5, 0.6) is 0 Å². The molecule has 0 aromatic carbocycles. The zero-order valence-electron chi connectivity index (χ0n) is 5.36. The summed E-state index contributed by atoms with van der Waals surface area (Å²) in [5, 5.41) is 7.75. The van der Waals surface area contributed by atoms with Crippen molar-refractivity contribution in [2.45, 2.75) is 13.8 Å². The average molecular weight is 154 g/mol. The van der Waals surface area contributed by atoms with Gasteiger partial charge in [-0.3, -0.25) is 0 Å². The topological polar surface area (TPSA) is 63.6 Å². The van der Waals surface area contributed by atoms with Gasteiger partial charge in [0.2, 0.25) is 0 Å². The summed E-state index contributed by atoms with van der Waals surface area (Å²) in [5.41, 5.74) is 0. The third kappa shape index (κ3) is 4.38. The van der Waals surface area contributed by atoms with Crippen LogP contribution < -0.4 is 0 Å². The molecule has 9 heavy (non-hydrogen) atoms. The second kappa shape index (κ2) is 3.14. The Hall–Kier alpha value is -0.130. The van der Waals surface area contributed by atoms with Crippen molar-refractivity contribution < 1.29 is 18.0 Å². The van der Waals surface area contributed by atoms with Gasteiger partial charge in [-0.05, 0) is 5.92 Å². The molecule has 0 spiro atoms. The van der Waals surface area contributed by atoms with Gasteiger partial charge in [0.25, 0.3) is 10.1 Å². The van der Waals surface area contributed by atoms with Crippen molar-refractivity contribution >= 4 is 10.1 Å². The molecule has 0 unspecified atom stereocenters. The number of hydrogen-bond donors (Lipinski definition) is 1. The minimum atomic E-state index is -3.66. The van der Waals surface area contributed by atoms with E-state index in [1.54, 1.807) is 13.8 Å². The molecule has 1 N–H and O–H groups in total. The molecule has 0 saturated heterocycles. The Labute approximate surface area is 54.5 Å². The fraction of sp³-hybridized carbons (Fsp3) is 1.00. The molecule has 56 valence electrons. The molecule has 0 aromatic heterocycles. The van der Waals surface area contributed by atoms with Crippen molar-refractivity contribution in [2.24, 2.45) is 5.92 Å². The van der Waals surface area contributed by atoms with E-state index in [2.05, 4.69) is 4.33 Å². The maximum atomic E-state index is 10.3. The fourth-order valence-corrected chi connectivity index (χ4v) is 1.32. The van der Waals surface area contributed by atoms with Gasteiger partial charge in [-0.2, -0.15) is 8.42 Å². The largest absolute Gasteiger partial charge is 0.293 e. The third-order valence-corrected chi connectivity index (χ3v) is 1.95. The zero-order chi connectivity index (χ0) is 7.49. The molecule has 5 heteroatoms. The number of hydrogen-bond acceptors (Lipinski definition) is 4. The standard InChI is InChI=1S/C4H10O4S/c1-4(2)3-9(6,7)8-5/h4-5H,3H2,1-2H3. The van der Waals surface area contributed by atoms with E-state index in [4.69, 9.17) is 5.26 Å². The van der Waals surface area contributed by atoms with E-state index in [1.165, 1.54) is 0 Å². The van der Waals surface area contributed by atoms with Gasteiger partial charge in [-0.25, -0.2) is 5.26 Å². The summed E-state index contributed by atoms with van der Waals surface area (Å²) < 4.78 is 23.9. The second-order valence-corrected chi connectivity index (χ2v) is 3.79. The van der Waals surface area contributed by atoms with Crippen molar-refractivity contribution in [1.29, 1.82) is 0 Å². The monoisotopic (exact) mass is 154 g/mol. The SMILES string of the molecule is CC(C)CS(=O)(=O)OO. The molecule has 0 amide bonds. The maximum Gasteiger partial charge on any atom is 0.293 e. The summed E-state index contributed by atoms with van der Waals surface area (Å²) in [4.78, 5) is 0. The molecule has 0 radical (unpaired) electrons. The molecular formula is C4H10O4S. The Morgan fingerprint density at radius 1 is 1.56 bits per heavy atom. The Kier molecular flexibility index (Phi) is 3.10. The van der Waals surface area contributed by atoms with E-state index < -0.39 is 10.1 Å². The average Bonchev–Trinajstić information content (AvgIpc) is 1.63. The lowest BCUT2D eigenvalue weighted by Crippen LogP contribution is -2.12. The molecule has 0 aliphatic carbocycles. The molecule has 0 bridgehead atoms. The molecule has 0 rings (SSSR count). The fourth-order valence-electron chi connectivity index (χ4n) is 0.439. The Balaban J connectivity index is 3.90. The van der Waals surface area contributed by atoms with Gasteiger partial charge in [0.05, 0.1) is 5.75 Å². The lowest BCUT2D eigenvalue weighted by Gasteiger charge is -2.00. The molecule has 0 aliphatic rings. The summed E-state index contributed by atoms with van der Waals surface area (Å²) in [6.07, 6.45) is 0. The van der Waals surface area contributed by atoms with Crippen molar-refractivity contribution in [3.8, 4) is 0 Å². The van der Waals surface area contributed by atoms with E-state index in [1.807, 2.05) is 0 Å². The zero-order valence-corrected chi connectivity index (χ0v) is 6.18. The van der Waals surface area contributed by atoms with Crippen molar-refractivity contribution in [3.63, 3.8) is 0 Å². The van der Waals surface area contributed by atoms with Crippen LogP contribution >= 0.6 is 0 Å². The third-order valence-electron chi connectivity index (χ3n) is 0.651. The van der Waals surface area contributed by atoms with Gasteiger partial charge in [-0.1, -0.05) is 13.8 Å². The molecular weight excluding hydrogens is 144 g/mol. The van der Waals surface area contributed by atoms with Crippen LogP contribution in [0.3, 0.4) is 0 Å². The smallest absolute Gasteiger partial charge is 0.235 e. The molecule has 0 aromatic rings. The first kappa shape index (κ1) is 8.87. The predicted octanol–water partition coefficient (Wildman–Crippen LogP) is 0.462. The van der Waals surface area contributed by atoms with Crippen molar-refractivity contribution in [1.82, 2.24) is 0 Å². The van der Waals surface area contributed by atoms with Crippen LogP contribution in [0.15, 0.2) is 0 Å². The summed E-state index contributed by atoms with van der Waals surface area (Å²) >= 11 is 0. The predicted molar refractivity (Wildman–Crippen MR) is 32.3 cm³/mol. The van der Waals surface area contributed by atoms with Crippen LogP contribution in [0.1, 0.15) is 13.8 Å². The van der Waals surface area contributed by atoms with Gasteiger partial charge >= 0.3 is 0 Å². The second-order valence-electron chi connectivity index (χ2n) is 2.19. The van der Waals surface area contributed by atoms with Crippen molar-refractivity contribution in [3.05, 3.63) is 0 Å². The highest BCUT2D eigenvalue weighted by atomic mass is 32.2. The van der Waals surface area contributed by atoms with Gasteiger partial charge in [-0.15, -0.1) is 4.33 Å². The minimum Gasteiger partial charge on any atom is -0.235 e. The summed E-state index contributed by atoms with van der Waals surface area (Å²) in [5.74, 6) is -0.175. The molecule has 0 aliphatic heterocycles. The summed E-state index contributed by atoms with van der Waals surface area (Å²) in [6.45, 7) is 3.44. The molecule has 0 fully saturated rings. The van der Waals surface area contributed by atoms with Crippen LogP contribution in [0, 0.1) is 5.92 Å². The Bertz CT molecular complexity index is 157. The van der Waals surface area contributed by atoms with Crippen molar-refractivity contribution in [2.75, 3.05) is 5.75 Å². The number of rotatable bonds is 3. The van der Waals surface area contributed by atoms with Crippen LogP contribution in [-0.4, -0.2) is 19.4 Å². The first-order valence-corrected chi connectivity index (χ1v) is 4.11. The Morgan fingerprint density at radius 3 is 2.11 bits per heavy atom. The molecule has 4 nitrogen and oxygen atoms in total.